The van der Waals surface area contributed by atoms with Gasteiger partial charge in [-0.1, -0.05) is 147 Å². The van der Waals surface area contributed by atoms with Gasteiger partial charge in [0, 0.05) is 22.5 Å². The second kappa shape index (κ2) is 11.1. The van der Waals surface area contributed by atoms with Crippen LogP contribution in [0.15, 0.2) is 176 Å². The zero-order valence-corrected chi connectivity index (χ0v) is 27.2. The Hall–Kier alpha value is -5.92. The van der Waals surface area contributed by atoms with E-state index in [1.165, 1.54) is 66.1 Å². The molecule has 0 radical (unpaired) electrons. The van der Waals surface area contributed by atoms with Crippen molar-refractivity contribution in [1.82, 2.24) is 0 Å². The summed E-state index contributed by atoms with van der Waals surface area (Å²) in [7, 11) is 0. The van der Waals surface area contributed by atoms with Gasteiger partial charge in [0.25, 0.3) is 0 Å². The highest BCUT2D eigenvalue weighted by molar-refractivity contribution is 6.10. The van der Waals surface area contributed by atoms with Crippen molar-refractivity contribution >= 4 is 38.6 Å². The molecule has 0 bridgehead atoms. The quantitative estimate of drug-likeness (QED) is 0.175. The van der Waals surface area contributed by atoms with Crippen molar-refractivity contribution in [1.29, 1.82) is 0 Å². The number of rotatable bonds is 5. The van der Waals surface area contributed by atoms with Crippen LogP contribution in [0.1, 0.15) is 25.0 Å². The molecule has 1 aliphatic carbocycles. The summed E-state index contributed by atoms with van der Waals surface area (Å²) in [4.78, 5) is 2.42. The van der Waals surface area contributed by atoms with Crippen LogP contribution >= 0.6 is 0 Å². The first-order valence-electron chi connectivity index (χ1n) is 16.8. The van der Waals surface area contributed by atoms with E-state index in [2.05, 4.69) is 195 Å². The van der Waals surface area contributed by atoms with E-state index < -0.39 is 0 Å². The van der Waals surface area contributed by atoms with Crippen molar-refractivity contribution in [2.75, 3.05) is 4.90 Å². The Bertz CT molecular complexity index is 2460. The van der Waals surface area contributed by atoms with E-state index in [1.807, 2.05) is 0 Å². The molecule has 1 nitrogen and oxygen atoms in total. The Morgan fingerprint density at radius 1 is 0.354 bits per heavy atom. The fourth-order valence-electron chi connectivity index (χ4n) is 7.70. The maximum absolute atomic E-state index is 2.42. The Balaban J connectivity index is 1.23. The number of fused-ring (bicyclic) bond motifs is 6. The zero-order valence-electron chi connectivity index (χ0n) is 27.2. The monoisotopic (exact) mass is 613 g/mol. The van der Waals surface area contributed by atoms with E-state index in [-0.39, 0.29) is 5.41 Å². The lowest BCUT2D eigenvalue weighted by molar-refractivity contribution is 0.660. The van der Waals surface area contributed by atoms with Gasteiger partial charge in [0.1, 0.15) is 0 Å². The fourth-order valence-corrected chi connectivity index (χ4v) is 7.70. The predicted molar refractivity (Wildman–Crippen MR) is 205 cm³/mol. The average Bonchev–Trinajstić information content (AvgIpc) is 3.38. The van der Waals surface area contributed by atoms with Crippen molar-refractivity contribution in [3.63, 3.8) is 0 Å². The summed E-state index contributed by atoms with van der Waals surface area (Å²) in [5.41, 5.74) is 13.7. The number of benzene rings is 8. The van der Waals surface area contributed by atoms with Crippen LogP contribution in [0.2, 0.25) is 0 Å². The largest absolute Gasteiger partial charge is 0.310 e. The van der Waals surface area contributed by atoms with Crippen LogP contribution in [-0.4, -0.2) is 0 Å². The van der Waals surface area contributed by atoms with Gasteiger partial charge in [-0.15, -0.1) is 0 Å². The van der Waals surface area contributed by atoms with Crippen LogP contribution in [0.3, 0.4) is 0 Å². The molecule has 0 N–H and O–H groups in total. The molecule has 228 valence electrons. The molecule has 0 fully saturated rings. The molecule has 0 saturated carbocycles. The fraction of sp³-hybridized carbons (Fsp3) is 0.0638. The van der Waals surface area contributed by atoms with Crippen LogP contribution in [0.5, 0.6) is 0 Å². The lowest BCUT2D eigenvalue weighted by Crippen LogP contribution is -2.16. The number of nitrogens with zero attached hydrogens (tertiary/aromatic N) is 1. The van der Waals surface area contributed by atoms with Crippen LogP contribution in [0.4, 0.5) is 17.1 Å². The van der Waals surface area contributed by atoms with E-state index in [0.717, 1.165) is 17.1 Å². The highest BCUT2D eigenvalue weighted by Gasteiger charge is 2.35. The van der Waals surface area contributed by atoms with Crippen LogP contribution in [0.25, 0.3) is 54.9 Å². The topological polar surface area (TPSA) is 3.24 Å². The number of anilines is 3. The molecule has 8 aromatic rings. The summed E-state index contributed by atoms with van der Waals surface area (Å²) in [5, 5.41) is 5.00. The van der Waals surface area contributed by atoms with Gasteiger partial charge in [0.15, 0.2) is 0 Å². The van der Waals surface area contributed by atoms with Gasteiger partial charge >= 0.3 is 0 Å². The predicted octanol–water partition coefficient (Wildman–Crippen LogP) is 13.1. The van der Waals surface area contributed by atoms with E-state index >= 15 is 0 Å². The van der Waals surface area contributed by atoms with Crippen molar-refractivity contribution < 1.29 is 0 Å². The first-order valence-corrected chi connectivity index (χ1v) is 16.8. The third kappa shape index (κ3) is 4.62. The first kappa shape index (κ1) is 28.3. The van der Waals surface area contributed by atoms with E-state index in [1.54, 1.807) is 0 Å². The summed E-state index contributed by atoms with van der Waals surface area (Å²) >= 11 is 0. The highest BCUT2D eigenvalue weighted by atomic mass is 15.1. The standard InChI is InChI=1S/C47H35N/c1-47(2)45-16-10-9-15-41(45)42-28-27-40(31-46(42)47)48(38-24-21-34(22-25-38)32-11-5-3-6-12-32)39-26-23-36-18-17-35-19-20-37(29-43(35)44(36)30-39)33-13-7-4-8-14-33/h3-31H,1-2H3. The van der Waals surface area contributed by atoms with E-state index in [9.17, 15) is 0 Å². The number of hydrogen-bond acceptors (Lipinski definition) is 1. The minimum Gasteiger partial charge on any atom is -0.310 e. The molecule has 0 amide bonds. The molecule has 0 aliphatic heterocycles. The van der Waals surface area contributed by atoms with Gasteiger partial charge in [-0.05, 0) is 109 Å². The third-order valence-corrected chi connectivity index (χ3v) is 10.2. The van der Waals surface area contributed by atoms with Gasteiger partial charge in [0.2, 0.25) is 0 Å². The molecule has 0 atom stereocenters. The second-order valence-electron chi connectivity index (χ2n) is 13.4. The smallest absolute Gasteiger partial charge is 0.0468 e. The molecule has 1 heteroatoms. The summed E-state index contributed by atoms with van der Waals surface area (Å²) in [5.74, 6) is 0. The molecule has 0 heterocycles. The molecule has 0 spiro atoms. The van der Waals surface area contributed by atoms with Gasteiger partial charge in [0.05, 0.1) is 0 Å². The summed E-state index contributed by atoms with van der Waals surface area (Å²) < 4.78 is 0. The van der Waals surface area contributed by atoms with Gasteiger partial charge in [-0.2, -0.15) is 0 Å². The SMILES string of the molecule is CC1(C)c2ccccc2-c2ccc(N(c3ccc(-c4ccccc4)cc3)c3ccc4ccc5ccc(-c6ccccc6)cc5c4c3)cc21. The Kier molecular flexibility index (Phi) is 6.55. The van der Waals surface area contributed by atoms with Crippen molar-refractivity contribution in [2.45, 2.75) is 19.3 Å². The molecule has 0 saturated heterocycles. The minimum absolute atomic E-state index is 0.0851. The van der Waals surface area contributed by atoms with E-state index in [4.69, 9.17) is 0 Å². The third-order valence-electron chi connectivity index (χ3n) is 10.2. The van der Waals surface area contributed by atoms with Crippen LogP contribution < -0.4 is 4.90 Å². The van der Waals surface area contributed by atoms with Gasteiger partial charge in [-0.3, -0.25) is 0 Å². The summed E-state index contributed by atoms with van der Waals surface area (Å²) in [6, 6.07) is 64.4. The molecule has 8 aromatic carbocycles. The molecule has 0 unspecified atom stereocenters. The average molecular weight is 614 g/mol. The molecular weight excluding hydrogens is 579 g/mol. The normalized spacial score (nSPS) is 13.0. The van der Waals surface area contributed by atoms with Crippen molar-refractivity contribution in [3.8, 4) is 33.4 Å². The molecule has 1 aliphatic rings. The minimum atomic E-state index is -0.0851. The maximum Gasteiger partial charge on any atom is 0.0468 e. The Labute approximate surface area is 282 Å². The van der Waals surface area contributed by atoms with Crippen molar-refractivity contribution in [3.05, 3.63) is 187 Å². The summed E-state index contributed by atoms with van der Waals surface area (Å²) in [6.45, 7) is 4.71. The molecule has 48 heavy (non-hydrogen) atoms. The molecule has 9 rings (SSSR count). The molecule has 0 aromatic heterocycles. The lowest BCUT2D eigenvalue weighted by Gasteiger charge is -2.28. The highest BCUT2D eigenvalue weighted by Crippen LogP contribution is 2.50. The van der Waals surface area contributed by atoms with E-state index in [0.29, 0.717) is 0 Å². The van der Waals surface area contributed by atoms with Gasteiger partial charge < -0.3 is 4.90 Å². The Morgan fingerprint density at radius 2 is 0.833 bits per heavy atom. The summed E-state index contributed by atoms with van der Waals surface area (Å²) in [6.07, 6.45) is 0. The van der Waals surface area contributed by atoms with Crippen LogP contribution in [-0.2, 0) is 5.41 Å². The second-order valence-corrected chi connectivity index (χ2v) is 13.4. The zero-order chi connectivity index (χ0) is 32.2. The molecular formula is C47H35N. The maximum atomic E-state index is 2.42. The number of hydrogen-bond donors (Lipinski definition) is 0. The van der Waals surface area contributed by atoms with Gasteiger partial charge in [-0.25, -0.2) is 0 Å². The van der Waals surface area contributed by atoms with Crippen molar-refractivity contribution in [2.24, 2.45) is 0 Å². The first-order chi connectivity index (χ1) is 23.5. The van der Waals surface area contributed by atoms with Crippen LogP contribution in [0, 0.1) is 0 Å². The lowest BCUT2D eigenvalue weighted by atomic mass is 9.82. The Morgan fingerprint density at radius 3 is 1.56 bits per heavy atom.